The molecule has 0 radical (unpaired) electrons. The van der Waals surface area contributed by atoms with Crippen LogP contribution in [0, 0.1) is 6.92 Å². The zero-order chi connectivity index (χ0) is 13.0. The molecule has 18 heavy (non-hydrogen) atoms. The number of nitrogen functional groups attached to an aromatic ring is 1. The van der Waals surface area contributed by atoms with E-state index in [1.165, 1.54) is 22.6 Å². The van der Waals surface area contributed by atoms with E-state index in [9.17, 15) is 0 Å². The number of hydrogen-bond donors (Lipinski definition) is 1. The summed E-state index contributed by atoms with van der Waals surface area (Å²) >= 11 is 1.51. The Labute approximate surface area is 112 Å². The first-order chi connectivity index (χ1) is 8.70. The van der Waals surface area contributed by atoms with Gasteiger partial charge in [-0.15, -0.1) is 11.3 Å². The number of thiazole rings is 1. The van der Waals surface area contributed by atoms with Crippen LogP contribution in [0.1, 0.15) is 18.2 Å². The number of aryl methyl sites for hydroxylation is 1. The summed E-state index contributed by atoms with van der Waals surface area (Å²) in [6.07, 6.45) is 0.940. The zero-order valence-electron chi connectivity index (χ0n) is 10.9. The first-order valence-corrected chi connectivity index (χ1v) is 7.09. The van der Waals surface area contributed by atoms with E-state index in [0.717, 1.165) is 25.2 Å². The Kier molecular flexibility index (Phi) is 4.20. The minimum absolute atomic E-state index is 0.656. The van der Waals surface area contributed by atoms with Crippen molar-refractivity contribution in [3.8, 4) is 0 Å². The molecule has 0 amide bonds. The van der Waals surface area contributed by atoms with Gasteiger partial charge in [0.1, 0.15) is 0 Å². The molecule has 1 aromatic heterocycles. The second-order valence-corrected chi connectivity index (χ2v) is 5.18. The minimum Gasteiger partial charge on any atom is -0.375 e. The first kappa shape index (κ1) is 12.9. The van der Waals surface area contributed by atoms with Crippen LogP contribution < -0.4 is 10.6 Å². The molecular weight excluding hydrogens is 242 g/mol. The molecule has 96 valence electrons. The molecule has 0 spiro atoms. The number of likely N-dealkylation sites (N-methyl/N-ethyl adjacent to an activating group) is 1. The van der Waals surface area contributed by atoms with Gasteiger partial charge in [0.15, 0.2) is 5.13 Å². The van der Waals surface area contributed by atoms with Gasteiger partial charge in [0.05, 0.1) is 5.69 Å². The lowest BCUT2D eigenvalue weighted by Crippen LogP contribution is -2.26. The molecule has 1 aromatic carbocycles. The van der Waals surface area contributed by atoms with Gasteiger partial charge >= 0.3 is 0 Å². The number of rotatable bonds is 5. The van der Waals surface area contributed by atoms with Gasteiger partial charge in [0, 0.05) is 30.6 Å². The predicted molar refractivity (Wildman–Crippen MR) is 79.3 cm³/mol. The molecule has 0 saturated carbocycles. The molecule has 0 bridgehead atoms. The third-order valence-electron chi connectivity index (χ3n) is 3.05. The Balaban J connectivity index is 2.04. The number of anilines is 2. The highest BCUT2D eigenvalue weighted by atomic mass is 32.1. The van der Waals surface area contributed by atoms with E-state index >= 15 is 0 Å². The van der Waals surface area contributed by atoms with Crippen LogP contribution in [-0.2, 0) is 6.42 Å². The van der Waals surface area contributed by atoms with Gasteiger partial charge < -0.3 is 10.6 Å². The second kappa shape index (κ2) is 5.87. The Morgan fingerprint density at radius 2 is 2.11 bits per heavy atom. The van der Waals surface area contributed by atoms with E-state index in [-0.39, 0.29) is 0 Å². The maximum Gasteiger partial charge on any atom is 0.180 e. The van der Waals surface area contributed by atoms with Crippen molar-refractivity contribution in [2.24, 2.45) is 0 Å². The van der Waals surface area contributed by atoms with E-state index in [1.54, 1.807) is 0 Å². The standard InChI is InChI=1S/C14H19N3S/c1-3-17(13-7-5-4-6-11(13)2)9-8-12-10-18-14(15)16-12/h4-7,10H,3,8-9H2,1-2H3,(H2,15,16). The summed E-state index contributed by atoms with van der Waals surface area (Å²) < 4.78 is 0. The molecule has 0 aliphatic heterocycles. The van der Waals surface area contributed by atoms with Gasteiger partial charge in [-0.2, -0.15) is 0 Å². The molecule has 0 fully saturated rings. The van der Waals surface area contributed by atoms with Gasteiger partial charge in [-0.05, 0) is 25.5 Å². The van der Waals surface area contributed by atoms with Crippen molar-refractivity contribution >= 4 is 22.2 Å². The number of nitrogens with zero attached hydrogens (tertiary/aromatic N) is 2. The highest BCUT2D eigenvalue weighted by Crippen LogP contribution is 2.20. The fourth-order valence-electron chi connectivity index (χ4n) is 2.05. The Bertz CT molecular complexity index is 507. The summed E-state index contributed by atoms with van der Waals surface area (Å²) in [7, 11) is 0. The Morgan fingerprint density at radius 3 is 2.72 bits per heavy atom. The summed E-state index contributed by atoms with van der Waals surface area (Å²) in [4.78, 5) is 6.68. The van der Waals surface area contributed by atoms with Crippen LogP contribution in [0.3, 0.4) is 0 Å². The highest BCUT2D eigenvalue weighted by molar-refractivity contribution is 7.13. The zero-order valence-corrected chi connectivity index (χ0v) is 11.7. The number of para-hydroxylation sites is 1. The predicted octanol–water partition coefficient (Wildman–Crippen LogP) is 3.10. The molecule has 0 aliphatic carbocycles. The average Bonchev–Trinajstić information content (AvgIpc) is 2.78. The van der Waals surface area contributed by atoms with Crippen LogP contribution in [0.5, 0.6) is 0 Å². The van der Waals surface area contributed by atoms with Crippen LogP contribution >= 0.6 is 11.3 Å². The monoisotopic (exact) mass is 261 g/mol. The molecule has 0 atom stereocenters. The maximum absolute atomic E-state index is 5.65. The van der Waals surface area contributed by atoms with E-state index in [2.05, 4.69) is 48.0 Å². The molecule has 2 N–H and O–H groups in total. The molecule has 0 saturated heterocycles. The van der Waals surface area contributed by atoms with Crippen molar-refractivity contribution in [3.05, 3.63) is 40.9 Å². The molecule has 4 heteroatoms. The van der Waals surface area contributed by atoms with Crippen molar-refractivity contribution < 1.29 is 0 Å². The topological polar surface area (TPSA) is 42.1 Å². The normalized spacial score (nSPS) is 10.6. The summed E-state index contributed by atoms with van der Waals surface area (Å²) in [6, 6.07) is 8.49. The van der Waals surface area contributed by atoms with E-state index in [0.29, 0.717) is 5.13 Å². The third kappa shape index (κ3) is 3.01. The summed E-state index contributed by atoms with van der Waals surface area (Å²) in [5, 5.41) is 2.70. The second-order valence-electron chi connectivity index (χ2n) is 4.29. The quantitative estimate of drug-likeness (QED) is 0.899. The third-order valence-corrected chi connectivity index (χ3v) is 3.77. The van der Waals surface area contributed by atoms with Gasteiger partial charge in [-0.1, -0.05) is 18.2 Å². The number of hydrogen-bond acceptors (Lipinski definition) is 4. The van der Waals surface area contributed by atoms with Crippen LogP contribution in [0.25, 0.3) is 0 Å². The van der Waals surface area contributed by atoms with Gasteiger partial charge in [0.2, 0.25) is 0 Å². The van der Waals surface area contributed by atoms with Gasteiger partial charge in [-0.25, -0.2) is 4.98 Å². The van der Waals surface area contributed by atoms with Crippen molar-refractivity contribution in [1.29, 1.82) is 0 Å². The number of benzene rings is 1. The smallest absolute Gasteiger partial charge is 0.180 e. The molecule has 1 heterocycles. The Morgan fingerprint density at radius 1 is 1.33 bits per heavy atom. The summed E-state index contributed by atoms with van der Waals surface area (Å²) in [5.74, 6) is 0. The fraction of sp³-hybridized carbons (Fsp3) is 0.357. The molecular formula is C14H19N3S. The van der Waals surface area contributed by atoms with Crippen LogP contribution in [0.15, 0.2) is 29.6 Å². The van der Waals surface area contributed by atoms with E-state index < -0.39 is 0 Å². The summed E-state index contributed by atoms with van der Waals surface area (Å²) in [6.45, 7) is 6.32. The number of nitrogens with two attached hydrogens (primary N) is 1. The van der Waals surface area contributed by atoms with Crippen LogP contribution in [0.2, 0.25) is 0 Å². The highest BCUT2D eigenvalue weighted by Gasteiger charge is 2.08. The van der Waals surface area contributed by atoms with Crippen LogP contribution in [-0.4, -0.2) is 18.1 Å². The molecule has 0 unspecified atom stereocenters. The van der Waals surface area contributed by atoms with Crippen molar-refractivity contribution in [2.45, 2.75) is 20.3 Å². The lowest BCUT2D eigenvalue weighted by Gasteiger charge is -2.24. The van der Waals surface area contributed by atoms with E-state index in [4.69, 9.17) is 5.73 Å². The van der Waals surface area contributed by atoms with Gasteiger partial charge in [-0.3, -0.25) is 0 Å². The molecule has 0 aliphatic rings. The van der Waals surface area contributed by atoms with Crippen molar-refractivity contribution in [3.63, 3.8) is 0 Å². The lowest BCUT2D eigenvalue weighted by molar-refractivity contribution is 0.796. The lowest BCUT2D eigenvalue weighted by atomic mass is 10.1. The fourth-order valence-corrected chi connectivity index (χ4v) is 2.65. The van der Waals surface area contributed by atoms with Crippen LogP contribution in [0.4, 0.5) is 10.8 Å². The average molecular weight is 261 g/mol. The molecule has 2 rings (SSSR count). The van der Waals surface area contributed by atoms with E-state index in [1.807, 2.05) is 5.38 Å². The van der Waals surface area contributed by atoms with Gasteiger partial charge in [0.25, 0.3) is 0 Å². The largest absolute Gasteiger partial charge is 0.375 e. The number of aromatic nitrogens is 1. The minimum atomic E-state index is 0.656. The maximum atomic E-state index is 5.65. The summed E-state index contributed by atoms with van der Waals surface area (Å²) in [5.41, 5.74) is 9.36. The molecule has 3 nitrogen and oxygen atoms in total. The Hall–Kier alpha value is -1.55. The van der Waals surface area contributed by atoms with Crippen molar-refractivity contribution in [2.75, 3.05) is 23.7 Å². The SMILES string of the molecule is CCN(CCc1csc(N)n1)c1ccccc1C. The molecule has 2 aromatic rings. The van der Waals surface area contributed by atoms with Crippen molar-refractivity contribution in [1.82, 2.24) is 4.98 Å². The first-order valence-electron chi connectivity index (χ1n) is 6.21.